The van der Waals surface area contributed by atoms with Crippen molar-refractivity contribution in [1.29, 1.82) is 0 Å². The van der Waals surface area contributed by atoms with E-state index in [0.29, 0.717) is 18.6 Å². The van der Waals surface area contributed by atoms with Crippen molar-refractivity contribution in [2.24, 2.45) is 5.73 Å². The summed E-state index contributed by atoms with van der Waals surface area (Å²) in [6.45, 7) is 2.10. The zero-order valence-electron chi connectivity index (χ0n) is 9.84. The van der Waals surface area contributed by atoms with E-state index in [1.807, 2.05) is 0 Å². The summed E-state index contributed by atoms with van der Waals surface area (Å²) in [5.74, 6) is 0. The van der Waals surface area contributed by atoms with Gasteiger partial charge in [-0.05, 0) is 31.0 Å². The molecule has 0 spiro atoms. The fourth-order valence-electron chi connectivity index (χ4n) is 1.51. The minimum atomic E-state index is -4.34. The molecule has 0 fully saturated rings. The molecule has 1 rings (SSSR count). The largest absolute Gasteiger partial charge is 0.416 e. The summed E-state index contributed by atoms with van der Waals surface area (Å²) in [4.78, 5) is 0. The van der Waals surface area contributed by atoms with Crippen LogP contribution in [0.5, 0.6) is 0 Å². The van der Waals surface area contributed by atoms with Crippen LogP contribution in [0.1, 0.15) is 24.5 Å². The SMILES string of the molecule is COCCC(C)(N)c1cccc(C(F)(F)F)c1. The topological polar surface area (TPSA) is 35.2 Å². The maximum Gasteiger partial charge on any atom is 0.416 e. The van der Waals surface area contributed by atoms with E-state index in [2.05, 4.69) is 0 Å². The molecule has 0 aliphatic rings. The number of methoxy groups -OCH3 is 1. The molecule has 17 heavy (non-hydrogen) atoms. The first kappa shape index (κ1) is 14.0. The molecule has 0 aliphatic carbocycles. The van der Waals surface area contributed by atoms with E-state index >= 15 is 0 Å². The first-order valence-electron chi connectivity index (χ1n) is 5.23. The van der Waals surface area contributed by atoms with Crippen LogP contribution in [0.2, 0.25) is 0 Å². The molecule has 0 bridgehead atoms. The summed E-state index contributed by atoms with van der Waals surface area (Å²) in [6.07, 6.45) is -3.88. The molecule has 0 aliphatic heterocycles. The Hall–Kier alpha value is -1.07. The second-order valence-corrected chi connectivity index (χ2v) is 4.24. The molecule has 96 valence electrons. The number of alkyl halides is 3. The monoisotopic (exact) mass is 247 g/mol. The molecule has 0 saturated heterocycles. The number of hydrogen-bond acceptors (Lipinski definition) is 2. The summed E-state index contributed by atoms with van der Waals surface area (Å²) >= 11 is 0. The Balaban J connectivity index is 2.98. The molecule has 2 nitrogen and oxygen atoms in total. The lowest BCUT2D eigenvalue weighted by atomic mass is 9.89. The van der Waals surface area contributed by atoms with Crippen molar-refractivity contribution in [1.82, 2.24) is 0 Å². The average molecular weight is 247 g/mol. The van der Waals surface area contributed by atoms with Gasteiger partial charge in [0.15, 0.2) is 0 Å². The first-order chi connectivity index (χ1) is 7.77. The summed E-state index contributed by atoms with van der Waals surface area (Å²) < 4.78 is 42.5. The van der Waals surface area contributed by atoms with Gasteiger partial charge in [0.05, 0.1) is 5.56 Å². The highest BCUT2D eigenvalue weighted by atomic mass is 19.4. The first-order valence-corrected chi connectivity index (χ1v) is 5.23. The van der Waals surface area contributed by atoms with E-state index in [0.717, 1.165) is 12.1 Å². The molecule has 0 radical (unpaired) electrons. The molecule has 0 amide bonds. The molecular weight excluding hydrogens is 231 g/mol. The highest BCUT2D eigenvalue weighted by Crippen LogP contribution is 2.32. The number of hydrogen-bond donors (Lipinski definition) is 1. The number of benzene rings is 1. The Kier molecular flexibility index (Phi) is 4.16. The van der Waals surface area contributed by atoms with Gasteiger partial charge in [-0.3, -0.25) is 0 Å². The third kappa shape index (κ3) is 3.71. The van der Waals surface area contributed by atoms with E-state index in [1.54, 1.807) is 13.0 Å². The lowest BCUT2D eigenvalue weighted by Gasteiger charge is -2.25. The third-order valence-corrected chi connectivity index (χ3v) is 2.67. The summed E-state index contributed by atoms with van der Waals surface area (Å²) in [6, 6.07) is 5.10. The van der Waals surface area contributed by atoms with Gasteiger partial charge in [0.1, 0.15) is 0 Å². The van der Waals surface area contributed by atoms with Gasteiger partial charge in [-0.25, -0.2) is 0 Å². The van der Waals surface area contributed by atoms with Crippen molar-refractivity contribution in [2.45, 2.75) is 25.1 Å². The maximum atomic E-state index is 12.5. The summed E-state index contributed by atoms with van der Waals surface area (Å²) in [5, 5.41) is 0. The van der Waals surface area contributed by atoms with Gasteiger partial charge in [-0.1, -0.05) is 12.1 Å². The average Bonchev–Trinajstić information content (AvgIpc) is 2.25. The number of halogens is 3. The van der Waals surface area contributed by atoms with E-state index < -0.39 is 17.3 Å². The van der Waals surface area contributed by atoms with Crippen molar-refractivity contribution in [3.05, 3.63) is 35.4 Å². The van der Waals surface area contributed by atoms with Crippen LogP contribution < -0.4 is 5.73 Å². The standard InChI is InChI=1S/C12H16F3NO/c1-11(16,6-7-17-2)9-4-3-5-10(8-9)12(13,14)15/h3-5,8H,6-7,16H2,1-2H3. The minimum Gasteiger partial charge on any atom is -0.385 e. The maximum absolute atomic E-state index is 12.5. The summed E-state index contributed by atoms with van der Waals surface area (Å²) in [7, 11) is 1.53. The minimum absolute atomic E-state index is 0.406. The van der Waals surface area contributed by atoms with Gasteiger partial charge in [0.25, 0.3) is 0 Å². The van der Waals surface area contributed by atoms with Gasteiger partial charge in [0, 0.05) is 19.3 Å². The highest BCUT2D eigenvalue weighted by molar-refractivity contribution is 5.30. The lowest BCUT2D eigenvalue weighted by molar-refractivity contribution is -0.137. The Bertz CT molecular complexity index is 374. The second kappa shape index (κ2) is 5.06. The smallest absolute Gasteiger partial charge is 0.385 e. The van der Waals surface area contributed by atoms with Crippen LogP contribution in [0.3, 0.4) is 0 Å². The van der Waals surface area contributed by atoms with Crippen molar-refractivity contribution in [3.63, 3.8) is 0 Å². The Morgan fingerprint density at radius 3 is 2.35 bits per heavy atom. The summed E-state index contributed by atoms with van der Waals surface area (Å²) in [5.41, 5.74) is 4.95. The molecule has 0 heterocycles. The molecule has 2 N–H and O–H groups in total. The normalized spacial score (nSPS) is 15.6. The third-order valence-electron chi connectivity index (χ3n) is 2.67. The van der Waals surface area contributed by atoms with Crippen LogP contribution in [0.4, 0.5) is 13.2 Å². The highest BCUT2D eigenvalue weighted by Gasteiger charge is 2.32. The lowest BCUT2D eigenvalue weighted by Crippen LogP contribution is -2.34. The van der Waals surface area contributed by atoms with Gasteiger partial charge in [-0.15, -0.1) is 0 Å². The molecule has 1 atom stereocenters. The van der Waals surface area contributed by atoms with Crippen LogP contribution in [-0.4, -0.2) is 13.7 Å². The molecule has 1 unspecified atom stereocenters. The van der Waals surface area contributed by atoms with Crippen LogP contribution in [0.25, 0.3) is 0 Å². The predicted molar refractivity (Wildman–Crippen MR) is 59.5 cm³/mol. The Morgan fingerprint density at radius 1 is 1.24 bits per heavy atom. The van der Waals surface area contributed by atoms with E-state index in [1.165, 1.54) is 13.2 Å². The van der Waals surface area contributed by atoms with E-state index in [4.69, 9.17) is 10.5 Å². The molecule has 5 heteroatoms. The fourth-order valence-corrected chi connectivity index (χ4v) is 1.51. The number of rotatable bonds is 4. The quantitative estimate of drug-likeness (QED) is 0.887. The number of ether oxygens (including phenoxy) is 1. The molecule has 1 aromatic carbocycles. The fraction of sp³-hybridized carbons (Fsp3) is 0.500. The van der Waals surface area contributed by atoms with E-state index in [-0.39, 0.29) is 0 Å². The van der Waals surface area contributed by atoms with Crippen molar-refractivity contribution in [3.8, 4) is 0 Å². The zero-order chi connectivity index (χ0) is 13.1. The van der Waals surface area contributed by atoms with Crippen molar-refractivity contribution >= 4 is 0 Å². The van der Waals surface area contributed by atoms with Crippen LogP contribution in [0.15, 0.2) is 24.3 Å². The van der Waals surface area contributed by atoms with Crippen LogP contribution in [0, 0.1) is 0 Å². The van der Waals surface area contributed by atoms with Gasteiger partial charge < -0.3 is 10.5 Å². The zero-order valence-corrected chi connectivity index (χ0v) is 9.84. The molecule has 0 aromatic heterocycles. The van der Waals surface area contributed by atoms with Gasteiger partial charge in [0.2, 0.25) is 0 Å². The molecule has 1 aromatic rings. The van der Waals surface area contributed by atoms with Crippen molar-refractivity contribution < 1.29 is 17.9 Å². The second-order valence-electron chi connectivity index (χ2n) is 4.24. The van der Waals surface area contributed by atoms with Crippen LogP contribution in [-0.2, 0) is 16.5 Å². The van der Waals surface area contributed by atoms with Crippen molar-refractivity contribution in [2.75, 3.05) is 13.7 Å². The van der Waals surface area contributed by atoms with E-state index in [9.17, 15) is 13.2 Å². The number of nitrogens with two attached hydrogens (primary N) is 1. The molecule has 0 saturated carbocycles. The Labute approximate surface area is 98.6 Å². The Morgan fingerprint density at radius 2 is 1.82 bits per heavy atom. The van der Waals surface area contributed by atoms with Gasteiger partial charge >= 0.3 is 6.18 Å². The predicted octanol–water partition coefficient (Wildman–Crippen LogP) is 2.92. The van der Waals surface area contributed by atoms with Crippen LogP contribution >= 0.6 is 0 Å². The van der Waals surface area contributed by atoms with Gasteiger partial charge in [-0.2, -0.15) is 13.2 Å². The molecular formula is C12H16F3NO.